The Bertz CT molecular complexity index is 162. The average molecular weight is 135 g/mol. The molecular weight excluding hydrogens is 126 g/mol. The van der Waals surface area contributed by atoms with E-state index >= 15 is 0 Å². The van der Waals surface area contributed by atoms with Gasteiger partial charge in [-0.2, -0.15) is 0 Å². The van der Waals surface area contributed by atoms with Crippen molar-refractivity contribution in [2.24, 2.45) is 0 Å². The summed E-state index contributed by atoms with van der Waals surface area (Å²) in [6.45, 7) is 2.17. The summed E-state index contributed by atoms with van der Waals surface area (Å²) >= 11 is 0. The summed E-state index contributed by atoms with van der Waals surface area (Å²) in [5.41, 5.74) is 0. The number of aromatic nitrogens is 1. The van der Waals surface area contributed by atoms with Gasteiger partial charge in [-0.05, 0) is 12.1 Å². The Hall–Kier alpha value is -0.633. The maximum atomic E-state index is 4.18. The number of rotatable bonds is 2. The minimum atomic E-state index is 0.876. The number of nitrogens with zero attached hydrogens (tertiary/aromatic N) is 1. The highest BCUT2D eigenvalue weighted by Gasteiger charge is 1.88. The van der Waals surface area contributed by atoms with Gasteiger partial charge in [0.2, 0.25) is 0 Å². The molecular formula is C7H9NSi. The molecule has 0 unspecified atom stereocenters. The van der Waals surface area contributed by atoms with Crippen molar-refractivity contribution in [2.45, 2.75) is 13.0 Å². The molecule has 0 aromatic carbocycles. The van der Waals surface area contributed by atoms with Crippen LogP contribution in [0.4, 0.5) is 0 Å². The van der Waals surface area contributed by atoms with E-state index in [0.29, 0.717) is 0 Å². The predicted octanol–water partition coefficient (Wildman–Crippen LogP) is 0.849. The Morgan fingerprint density at radius 3 is 3.00 bits per heavy atom. The summed E-state index contributed by atoms with van der Waals surface area (Å²) in [7, 11) is 0.876. The molecule has 0 fully saturated rings. The molecule has 0 aliphatic heterocycles. The van der Waals surface area contributed by atoms with Crippen molar-refractivity contribution in [1.82, 2.24) is 4.98 Å². The van der Waals surface area contributed by atoms with Crippen LogP contribution >= 0.6 is 0 Å². The zero-order chi connectivity index (χ0) is 6.53. The molecule has 0 amide bonds. The Kier molecular flexibility index (Phi) is 2.45. The first-order valence-electron chi connectivity index (χ1n) is 3.08. The average Bonchev–Trinajstić information content (AvgIpc) is 1.91. The lowest BCUT2D eigenvalue weighted by molar-refractivity contribution is 1.36. The first kappa shape index (κ1) is 6.49. The lowest BCUT2D eigenvalue weighted by Gasteiger charge is -1.91. The number of hydrogen-bond donors (Lipinski definition) is 0. The summed E-state index contributed by atoms with van der Waals surface area (Å²) in [5.74, 6) is 0. The van der Waals surface area contributed by atoms with E-state index < -0.39 is 0 Å². The van der Waals surface area contributed by atoms with Crippen molar-refractivity contribution >= 4 is 14.8 Å². The van der Waals surface area contributed by atoms with Gasteiger partial charge in [0, 0.05) is 11.5 Å². The molecule has 46 valence electrons. The van der Waals surface area contributed by atoms with Gasteiger partial charge in [0.05, 0.1) is 0 Å². The Labute approximate surface area is 58.0 Å². The second-order valence-corrected chi connectivity index (χ2v) is 3.32. The molecule has 2 heteroatoms. The maximum absolute atomic E-state index is 4.18. The van der Waals surface area contributed by atoms with Crippen LogP contribution in [0.1, 0.15) is 6.92 Å². The minimum absolute atomic E-state index is 0.876. The molecule has 1 heterocycles. The van der Waals surface area contributed by atoms with Crippen molar-refractivity contribution in [2.75, 3.05) is 0 Å². The third kappa shape index (κ3) is 1.97. The lowest BCUT2D eigenvalue weighted by atomic mass is 10.5. The lowest BCUT2D eigenvalue weighted by Crippen LogP contribution is -2.15. The Morgan fingerprint density at radius 1 is 1.56 bits per heavy atom. The van der Waals surface area contributed by atoms with Crippen LogP contribution in [0.15, 0.2) is 24.4 Å². The molecule has 1 nitrogen and oxygen atoms in total. The van der Waals surface area contributed by atoms with Crippen molar-refractivity contribution in [3.05, 3.63) is 24.4 Å². The Balaban J connectivity index is 2.61. The molecule has 0 atom stereocenters. The molecule has 1 aromatic heterocycles. The van der Waals surface area contributed by atoms with Crippen LogP contribution < -0.4 is 5.32 Å². The first-order valence-corrected chi connectivity index (χ1v) is 4.29. The van der Waals surface area contributed by atoms with Crippen molar-refractivity contribution in [1.29, 1.82) is 0 Å². The SMILES string of the molecule is CC[Si]c1ccccn1. The van der Waals surface area contributed by atoms with Gasteiger partial charge in [-0.3, -0.25) is 4.98 Å². The van der Waals surface area contributed by atoms with Gasteiger partial charge in [-0.25, -0.2) is 0 Å². The number of pyridine rings is 1. The van der Waals surface area contributed by atoms with Gasteiger partial charge in [-0.15, -0.1) is 0 Å². The Morgan fingerprint density at radius 2 is 2.44 bits per heavy atom. The summed E-state index contributed by atoms with van der Waals surface area (Å²) in [4.78, 5) is 4.18. The van der Waals surface area contributed by atoms with Crippen LogP contribution in [0.2, 0.25) is 6.04 Å². The van der Waals surface area contributed by atoms with E-state index in [-0.39, 0.29) is 0 Å². The molecule has 2 radical (unpaired) electrons. The van der Waals surface area contributed by atoms with Gasteiger partial charge in [0.25, 0.3) is 0 Å². The van der Waals surface area contributed by atoms with Gasteiger partial charge in [0.1, 0.15) is 9.52 Å². The summed E-state index contributed by atoms with van der Waals surface area (Å²) in [6, 6.07) is 7.26. The second kappa shape index (κ2) is 3.40. The summed E-state index contributed by atoms with van der Waals surface area (Å²) in [5, 5.41) is 1.22. The van der Waals surface area contributed by atoms with Crippen molar-refractivity contribution in [3.63, 3.8) is 0 Å². The van der Waals surface area contributed by atoms with E-state index in [1.54, 1.807) is 0 Å². The fourth-order valence-corrected chi connectivity index (χ4v) is 1.39. The summed E-state index contributed by atoms with van der Waals surface area (Å²) < 4.78 is 0. The van der Waals surface area contributed by atoms with E-state index in [0.717, 1.165) is 9.52 Å². The summed E-state index contributed by atoms with van der Waals surface area (Å²) in [6.07, 6.45) is 1.85. The van der Waals surface area contributed by atoms with Crippen molar-refractivity contribution < 1.29 is 0 Å². The fraction of sp³-hybridized carbons (Fsp3) is 0.286. The minimum Gasteiger partial charge on any atom is -0.267 e. The zero-order valence-electron chi connectivity index (χ0n) is 5.46. The van der Waals surface area contributed by atoms with Crippen LogP contribution in [-0.2, 0) is 0 Å². The van der Waals surface area contributed by atoms with Gasteiger partial charge >= 0.3 is 0 Å². The third-order valence-electron chi connectivity index (χ3n) is 1.02. The molecule has 0 N–H and O–H groups in total. The first-order chi connectivity index (χ1) is 4.43. The van der Waals surface area contributed by atoms with Crippen LogP contribution in [0.5, 0.6) is 0 Å². The smallest absolute Gasteiger partial charge is 0.107 e. The highest BCUT2D eigenvalue weighted by atomic mass is 28.2. The van der Waals surface area contributed by atoms with Crippen LogP contribution in [-0.4, -0.2) is 14.5 Å². The van der Waals surface area contributed by atoms with Crippen molar-refractivity contribution in [3.8, 4) is 0 Å². The molecule has 0 saturated carbocycles. The number of hydrogen-bond acceptors (Lipinski definition) is 1. The quantitative estimate of drug-likeness (QED) is 0.548. The molecule has 9 heavy (non-hydrogen) atoms. The molecule has 0 aliphatic rings. The molecule has 0 saturated heterocycles. The second-order valence-electron chi connectivity index (χ2n) is 1.75. The van der Waals surface area contributed by atoms with Crippen LogP contribution in [0.3, 0.4) is 0 Å². The predicted molar refractivity (Wildman–Crippen MR) is 40.1 cm³/mol. The fourth-order valence-electron chi connectivity index (χ4n) is 0.648. The van der Waals surface area contributed by atoms with Crippen LogP contribution in [0.25, 0.3) is 0 Å². The molecule has 0 bridgehead atoms. The molecule has 1 rings (SSSR count). The topological polar surface area (TPSA) is 12.9 Å². The zero-order valence-corrected chi connectivity index (χ0v) is 6.46. The highest BCUT2D eigenvalue weighted by molar-refractivity contribution is 6.52. The van der Waals surface area contributed by atoms with E-state index in [1.807, 2.05) is 18.3 Å². The third-order valence-corrected chi connectivity index (χ3v) is 2.03. The standard InChI is InChI=1S/C7H9NSi/c1-2-9-7-5-3-4-6-8-7/h3-6H,2H2,1H3. The highest BCUT2D eigenvalue weighted by Crippen LogP contribution is 1.77. The monoisotopic (exact) mass is 135 g/mol. The van der Waals surface area contributed by atoms with E-state index in [2.05, 4.69) is 18.0 Å². The maximum Gasteiger partial charge on any atom is 0.107 e. The molecule has 0 aliphatic carbocycles. The van der Waals surface area contributed by atoms with Crippen LogP contribution in [0, 0.1) is 0 Å². The van der Waals surface area contributed by atoms with Gasteiger partial charge < -0.3 is 0 Å². The largest absolute Gasteiger partial charge is 0.267 e. The normalized spacial score (nSPS) is 9.44. The molecule has 1 aromatic rings. The van der Waals surface area contributed by atoms with E-state index in [1.165, 1.54) is 11.4 Å². The van der Waals surface area contributed by atoms with Gasteiger partial charge in [0.15, 0.2) is 0 Å². The molecule has 0 spiro atoms. The van der Waals surface area contributed by atoms with E-state index in [9.17, 15) is 0 Å². The van der Waals surface area contributed by atoms with Gasteiger partial charge in [-0.1, -0.05) is 19.0 Å². The van der Waals surface area contributed by atoms with E-state index in [4.69, 9.17) is 0 Å².